The summed E-state index contributed by atoms with van der Waals surface area (Å²) in [4.78, 5) is 4.16. The molecule has 0 saturated heterocycles. The van der Waals surface area contributed by atoms with E-state index in [1.54, 1.807) is 6.20 Å². The predicted octanol–water partition coefficient (Wildman–Crippen LogP) is 2.54. The highest BCUT2D eigenvalue weighted by atomic mass is 79.9. The fraction of sp³-hybridized carbons (Fsp3) is 0.400. The second-order valence-corrected chi connectivity index (χ2v) is 4.12. The SMILES string of the molecule is Cc1c(Br)cnc2c1C(C#N)CCO2. The third-order valence-corrected chi connectivity index (χ3v) is 3.24. The van der Waals surface area contributed by atoms with E-state index in [2.05, 4.69) is 27.0 Å². The van der Waals surface area contributed by atoms with Gasteiger partial charge in [0.25, 0.3) is 0 Å². The van der Waals surface area contributed by atoms with Crippen molar-refractivity contribution in [3.8, 4) is 11.9 Å². The van der Waals surface area contributed by atoms with E-state index in [-0.39, 0.29) is 5.92 Å². The third-order valence-electron chi connectivity index (χ3n) is 2.44. The Hall–Kier alpha value is -1.08. The van der Waals surface area contributed by atoms with Crippen LogP contribution in [0.25, 0.3) is 0 Å². The molecule has 0 spiro atoms. The number of aromatic nitrogens is 1. The number of pyridine rings is 1. The molecule has 1 atom stereocenters. The maximum atomic E-state index is 9.00. The molecule has 4 heteroatoms. The van der Waals surface area contributed by atoms with Gasteiger partial charge < -0.3 is 4.74 Å². The summed E-state index contributed by atoms with van der Waals surface area (Å²) in [5.41, 5.74) is 1.99. The zero-order valence-corrected chi connectivity index (χ0v) is 9.34. The van der Waals surface area contributed by atoms with Crippen LogP contribution < -0.4 is 4.74 Å². The Labute approximate surface area is 90.8 Å². The number of fused-ring (bicyclic) bond motifs is 1. The standard InChI is InChI=1S/C10H9BrN2O/c1-6-8(11)5-13-10-9(6)7(4-12)2-3-14-10/h5,7H,2-3H2,1H3. The summed E-state index contributed by atoms with van der Waals surface area (Å²) in [5.74, 6) is 0.534. The highest BCUT2D eigenvalue weighted by Crippen LogP contribution is 2.36. The average molecular weight is 253 g/mol. The van der Waals surface area contributed by atoms with E-state index in [1.165, 1.54) is 0 Å². The maximum Gasteiger partial charge on any atom is 0.218 e. The molecule has 72 valence electrons. The van der Waals surface area contributed by atoms with Crippen LogP contribution in [0, 0.1) is 18.3 Å². The van der Waals surface area contributed by atoms with Gasteiger partial charge in [0, 0.05) is 22.7 Å². The molecule has 0 N–H and O–H groups in total. The van der Waals surface area contributed by atoms with Gasteiger partial charge in [0.05, 0.1) is 18.6 Å². The molecule has 1 unspecified atom stereocenters. The fourth-order valence-electron chi connectivity index (χ4n) is 1.64. The van der Waals surface area contributed by atoms with E-state index in [9.17, 15) is 0 Å². The number of nitriles is 1. The molecule has 0 aromatic carbocycles. The molecule has 0 aliphatic carbocycles. The van der Waals surface area contributed by atoms with Gasteiger partial charge >= 0.3 is 0 Å². The van der Waals surface area contributed by atoms with Crippen molar-refractivity contribution in [2.24, 2.45) is 0 Å². The molecule has 1 aliphatic heterocycles. The van der Waals surface area contributed by atoms with E-state index in [1.807, 2.05) is 6.92 Å². The van der Waals surface area contributed by atoms with E-state index < -0.39 is 0 Å². The van der Waals surface area contributed by atoms with Crippen molar-refractivity contribution in [2.75, 3.05) is 6.61 Å². The molecule has 0 saturated carbocycles. The van der Waals surface area contributed by atoms with Gasteiger partial charge in [-0.3, -0.25) is 0 Å². The Morgan fingerprint density at radius 3 is 3.21 bits per heavy atom. The summed E-state index contributed by atoms with van der Waals surface area (Å²) in [7, 11) is 0. The van der Waals surface area contributed by atoms with Gasteiger partial charge in [-0.1, -0.05) is 0 Å². The van der Waals surface area contributed by atoms with E-state index >= 15 is 0 Å². The average Bonchev–Trinajstić information content (AvgIpc) is 2.23. The molecule has 1 aliphatic rings. The van der Waals surface area contributed by atoms with Gasteiger partial charge in [-0.2, -0.15) is 5.26 Å². The number of hydrogen-bond donors (Lipinski definition) is 0. The van der Waals surface area contributed by atoms with E-state index in [0.717, 1.165) is 22.0 Å². The molecular weight excluding hydrogens is 244 g/mol. The van der Waals surface area contributed by atoms with Crippen LogP contribution in [0.2, 0.25) is 0 Å². The second kappa shape index (κ2) is 3.58. The van der Waals surface area contributed by atoms with Crippen LogP contribution in [0.15, 0.2) is 10.7 Å². The Balaban J connectivity index is 2.60. The Bertz CT molecular complexity index is 411. The lowest BCUT2D eigenvalue weighted by molar-refractivity contribution is 0.267. The highest BCUT2D eigenvalue weighted by Gasteiger charge is 2.25. The van der Waals surface area contributed by atoms with Crippen molar-refractivity contribution in [2.45, 2.75) is 19.3 Å². The smallest absolute Gasteiger partial charge is 0.218 e. The van der Waals surface area contributed by atoms with E-state index in [0.29, 0.717) is 12.5 Å². The first-order valence-electron chi connectivity index (χ1n) is 4.41. The lowest BCUT2D eigenvalue weighted by Gasteiger charge is -2.22. The van der Waals surface area contributed by atoms with Crippen molar-refractivity contribution >= 4 is 15.9 Å². The molecule has 0 amide bonds. The van der Waals surface area contributed by atoms with Crippen molar-refractivity contribution in [1.82, 2.24) is 4.98 Å². The van der Waals surface area contributed by atoms with Gasteiger partial charge in [-0.25, -0.2) is 4.98 Å². The van der Waals surface area contributed by atoms with Crippen LogP contribution >= 0.6 is 15.9 Å². The number of halogens is 1. The molecule has 1 aromatic rings. The number of hydrogen-bond acceptors (Lipinski definition) is 3. The predicted molar refractivity (Wildman–Crippen MR) is 55.1 cm³/mol. The van der Waals surface area contributed by atoms with E-state index in [4.69, 9.17) is 10.00 Å². The zero-order chi connectivity index (χ0) is 10.1. The summed E-state index contributed by atoms with van der Waals surface area (Å²) in [6.45, 7) is 2.56. The Morgan fingerprint density at radius 1 is 1.71 bits per heavy atom. The summed E-state index contributed by atoms with van der Waals surface area (Å²) in [6.07, 6.45) is 2.47. The molecule has 1 aromatic heterocycles. The summed E-state index contributed by atoms with van der Waals surface area (Å²) < 4.78 is 6.34. The van der Waals surface area contributed by atoms with Gasteiger partial charge in [-0.05, 0) is 28.4 Å². The van der Waals surface area contributed by atoms with Crippen LogP contribution in [0.5, 0.6) is 5.88 Å². The van der Waals surface area contributed by atoms with Crippen LogP contribution in [0.4, 0.5) is 0 Å². The third kappa shape index (κ3) is 1.38. The molecule has 14 heavy (non-hydrogen) atoms. The second-order valence-electron chi connectivity index (χ2n) is 3.27. The monoisotopic (exact) mass is 252 g/mol. The van der Waals surface area contributed by atoms with Gasteiger partial charge in [0.15, 0.2) is 0 Å². The summed E-state index contributed by atoms with van der Waals surface area (Å²) >= 11 is 3.40. The van der Waals surface area contributed by atoms with Crippen LogP contribution in [-0.2, 0) is 0 Å². The largest absolute Gasteiger partial charge is 0.477 e. The highest BCUT2D eigenvalue weighted by molar-refractivity contribution is 9.10. The Morgan fingerprint density at radius 2 is 2.50 bits per heavy atom. The first-order chi connectivity index (χ1) is 6.74. The fourth-order valence-corrected chi connectivity index (χ4v) is 1.96. The van der Waals surface area contributed by atoms with Crippen molar-refractivity contribution in [3.05, 3.63) is 21.8 Å². The molecule has 0 radical (unpaired) electrons. The molecule has 3 nitrogen and oxygen atoms in total. The first kappa shape index (κ1) is 9.47. The number of rotatable bonds is 0. The zero-order valence-electron chi connectivity index (χ0n) is 7.75. The lowest BCUT2D eigenvalue weighted by Crippen LogP contribution is -2.15. The minimum Gasteiger partial charge on any atom is -0.477 e. The topological polar surface area (TPSA) is 45.9 Å². The quantitative estimate of drug-likeness (QED) is 0.713. The minimum atomic E-state index is -0.0799. The van der Waals surface area contributed by atoms with Crippen molar-refractivity contribution < 1.29 is 4.74 Å². The number of nitrogens with zero attached hydrogens (tertiary/aromatic N) is 2. The van der Waals surface area contributed by atoms with Crippen LogP contribution in [0.1, 0.15) is 23.5 Å². The van der Waals surface area contributed by atoms with Gasteiger partial charge in [0.1, 0.15) is 0 Å². The molecule has 0 fully saturated rings. The molecule has 2 heterocycles. The molecular formula is C10H9BrN2O. The molecule has 0 bridgehead atoms. The van der Waals surface area contributed by atoms with Crippen molar-refractivity contribution in [3.63, 3.8) is 0 Å². The Kier molecular flexibility index (Phi) is 2.42. The summed E-state index contributed by atoms with van der Waals surface area (Å²) in [6, 6.07) is 2.29. The lowest BCUT2D eigenvalue weighted by atomic mass is 9.93. The van der Waals surface area contributed by atoms with Crippen LogP contribution in [-0.4, -0.2) is 11.6 Å². The minimum absolute atomic E-state index is 0.0799. The van der Waals surface area contributed by atoms with Crippen molar-refractivity contribution in [1.29, 1.82) is 5.26 Å². The molecule has 2 rings (SSSR count). The first-order valence-corrected chi connectivity index (χ1v) is 5.20. The number of ether oxygens (including phenoxy) is 1. The normalized spacial score (nSPS) is 19.4. The summed E-state index contributed by atoms with van der Waals surface area (Å²) in [5, 5.41) is 9.00. The van der Waals surface area contributed by atoms with Gasteiger partial charge in [0.2, 0.25) is 5.88 Å². The maximum absolute atomic E-state index is 9.00. The van der Waals surface area contributed by atoms with Crippen LogP contribution in [0.3, 0.4) is 0 Å². The van der Waals surface area contributed by atoms with Gasteiger partial charge in [-0.15, -0.1) is 0 Å².